The van der Waals surface area contributed by atoms with Crippen molar-refractivity contribution >= 4 is 34.7 Å². The Bertz CT molecular complexity index is 959. The highest BCUT2D eigenvalue weighted by molar-refractivity contribution is 6.36. The molecule has 0 fully saturated rings. The van der Waals surface area contributed by atoms with E-state index in [9.17, 15) is 0 Å². The number of pyridine rings is 1. The van der Waals surface area contributed by atoms with E-state index in [1.807, 2.05) is 36.4 Å². The number of nitrogens with zero attached hydrogens (tertiary/aromatic N) is 1. The van der Waals surface area contributed by atoms with Crippen molar-refractivity contribution in [1.82, 2.24) is 4.98 Å². The van der Waals surface area contributed by atoms with E-state index in [-0.39, 0.29) is 0 Å². The van der Waals surface area contributed by atoms with Crippen LogP contribution >= 0.6 is 23.2 Å². The minimum Gasteiger partial charge on any atom is -0.488 e. The van der Waals surface area contributed by atoms with Crippen LogP contribution < -0.4 is 15.8 Å². The molecule has 0 amide bonds. The van der Waals surface area contributed by atoms with E-state index >= 15 is 0 Å². The molecule has 6 heteroatoms. The van der Waals surface area contributed by atoms with E-state index < -0.39 is 0 Å². The number of halogens is 2. The summed E-state index contributed by atoms with van der Waals surface area (Å²) in [5, 5.41) is 4.39. The zero-order valence-corrected chi connectivity index (χ0v) is 14.7. The first-order valence-corrected chi connectivity index (χ1v) is 8.58. The van der Waals surface area contributed by atoms with Crippen molar-refractivity contribution in [3.05, 3.63) is 69.7 Å². The largest absolute Gasteiger partial charge is 0.488 e. The fraction of sp³-hybridized carbons (Fsp3) is 0.105. The van der Waals surface area contributed by atoms with E-state index in [1.54, 1.807) is 12.1 Å². The van der Waals surface area contributed by atoms with Gasteiger partial charge in [-0.15, -0.1) is 0 Å². The summed E-state index contributed by atoms with van der Waals surface area (Å²) in [4.78, 5) is 4.82. The van der Waals surface area contributed by atoms with E-state index in [1.165, 1.54) is 0 Å². The molecule has 0 saturated carbocycles. The van der Waals surface area contributed by atoms with Crippen molar-refractivity contribution in [2.24, 2.45) is 5.73 Å². The molecule has 0 spiro atoms. The van der Waals surface area contributed by atoms with Gasteiger partial charge in [0.25, 0.3) is 0 Å². The lowest BCUT2D eigenvalue weighted by atomic mass is 10.0. The van der Waals surface area contributed by atoms with Crippen LogP contribution in [0.15, 0.2) is 48.5 Å². The summed E-state index contributed by atoms with van der Waals surface area (Å²) in [6.07, 6.45) is 0. The minimum atomic E-state index is 0.357. The number of benzene rings is 2. The third kappa shape index (κ3) is 3.04. The SMILES string of the molecule is NCc1cc2c(nc1Nc1ccc(Cl)cc1Cl)-c1ccccc1OC2. The molecule has 0 aliphatic carbocycles. The van der Waals surface area contributed by atoms with Gasteiger partial charge < -0.3 is 15.8 Å². The van der Waals surface area contributed by atoms with E-state index in [0.717, 1.165) is 33.8 Å². The fourth-order valence-electron chi connectivity index (χ4n) is 2.87. The van der Waals surface area contributed by atoms with Gasteiger partial charge in [0.05, 0.1) is 16.4 Å². The predicted octanol–water partition coefficient (Wildman–Crippen LogP) is 5.15. The fourth-order valence-corrected chi connectivity index (χ4v) is 3.33. The molecule has 2 aromatic carbocycles. The first-order chi connectivity index (χ1) is 12.2. The molecule has 3 aromatic rings. The van der Waals surface area contributed by atoms with Gasteiger partial charge in [0.15, 0.2) is 0 Å². The Balaban J connectivity index is 1.81. The highest BCUT2D eigenvalue weighted by Gasteiger charge is 2.21. The lowest BCUT2D eigenvalue weighted by molar-refractivity contribution is 0.301. The van der Waals surface area contributed by atoms with Crippen LogP contribution in [0.25, 0.3) is 11.3 Å². The number of aromatic nitrogens is 1. The van der Waals surface area contributed by atoms with Crippen LogP contribution in [0.4, 0.5) is 11.5 Å². The van der Waals surface area contributed by atoms with Crippen LogP contribution in [0.5, 0.6) is 5.75 Å². The molecule has 126 valence electrons. The summed E-state index contributed by atoms with van der Waals surface area (Å²) in [6, 6.07) is 15.2. The molecule has 1 aliphatic rings. The van der Waals surface area contributed by atoms with Gasteiger partial charge in [-0.05, 0) is 36.4 Å². The Labute approximate surface area is 155 Å². The molecule has 2 heterocycles. The number of nitrogens with one attached hydrogen (secondary N) is 1. The number of fused-ring (bicyclic) bond motifs is 3. The molecule has 4 rings (SSSR count). The minimum absolute atomic E-state index is 0.357. The smallest absolute Gasteiger partial charge is 0.135 e. The highest BCUT2D eigenvalue weighted by Crippen LogP contribution is 2.38. The topological polar surface area (TPSA) is 60.2 Å². The van der Waals surface area contributed by atoms with Gasteiger partial charge in [0.2, 0.25) is 0 Å². The van der Waals surface area contributed by atoms with Crippen LogP contribution in [0.2, 0.25) is 10.0 Å². The summed E-state index contributed by atoms with van der Waals surface area (Å²) in [6.45, 7) is 0.837. The Morgan fingerprint density at radius 1 is 1.12 bits per heavy atom. The Hall–Kier alpha value is -2.27. The second-order valence-corrected chi connectivity index (χ2v) is 6.59. The molecule has 0 radical (unpaired) electrons. The van der Waals surface area contributed by atoms with Gasteiger partial charge in [-0.2, -0.15) is 0 Å². The van der Waals surface area contributed by atoms with E-state index in [2.05, 4.69) is 5.32 Å². The molecule has 0 saturated heterocycles. The first-order valence-electron chi connectivity index (χ1n) is 7.83. The third-order valence-corrected chi connectivity index (χ3v) is 4.66. The zero-order valence-electron chi connectivity index (χ0n) is 13.2. The molecular formula is C19H15Cl2N3O. The molecule has 3 N–H and O–H groups in total. The molecule has 1 aliphatic heterocycles. The number of hydrogen-bond acceptors (Lipinski definition) is 4. The maximum atomic E-state index is 6.27. The van der Waals surface area contributed by atoms with Crippen LogP contribution in [0.3, 0.4) is 0 Å². The number of rotatable bonds is 3. The summed E-state index contributed by atoms with van der Waals surface area (Å²) in [5.74, 6) is 1.51. The third-order valence-electron chi connectivity index (χ3n) is 4.11. The van der Waals surface area contributed by atoms with Gasteiger partial charge in [-0.1, -0.05) is 35.3 Å². The Morgan fingerprint density at radius 3 is 2.76 bits per heavy atom. The number of nitrogens with two attached hydrogens (primary N) is 1. The van der Waals surface area contributed by atoms with Crippen molar-refractivity contribution < 1.29 is 4.74 Å². The van der Waals surface area contributed by atoms with Gasteiger partial charge in [-0.25, -0.2) is 4.98 Å². The summed E-state index contributed by atoms with van der Waals surface area (Å²) >= 11 is 12.2. The van der Waals surface area contributed by atoms with Crippen molar-refractivity contribution in [1.29, 1.82) is 0 Å². The molecule has 0 unspecified atom stereocenters. The van der Waals surface area contributed by atoms with E-state index in [0.29, 0.717) is 29.0 Å². The maximum absolute atomic E-state index is 6.27. The lowest BCUT2D eigenvalue weighted by Gasteiger charge is -2.22. The summed E-state index contributed by atoms with van der Waals surface area (Å²) in [7, 11) is 0. The number of ether oxygens (including phenoxy) is 1. The van der Waals surface area contributed by atoms with Crippen LogP contribution in [-0.2, 0) is 13.2 Å². The first kappa shape index (κ1) is 16.2. The molecular weight excluding hydrogens is 357 g/mol. The predicted molar refractivity (Wildman–Crippen MR) is 102 cm³/mol. The number of hydrogen-bond donors (Lipinski definition) is 2. The normalized spacial score (nSPS) is 12.1. The number of anilines is 2. The second kappa shape index (κ2) is 6.56. The molecule has 0 atom stereocenters. The van der Waals surface area contributed by atoms with Gasteiger partial charge >= 0.3 is 0 Å². The quantitative estimate of drug-likeness (QED) is 0.668. The van der Waals surface area contributed by atoms with Crippen molar-refractivity contribution in [2.75, 3.05) is 5.32 Å². The lowest BCUT2D eigenvalue weighted by Crippen LogP contribution is -2.12. The number of para-hydroxylation sites is 1. The average molecular weight is 372 g/mol. The van der Waals surface area contributed by atoms with Crippen molar-refractivity contribution in [3.8, 4) is 17.0 Å². The molecule has 0 bridgehead atoms. The monoisotopic (exact) mass is 371 g/mol. The van der Waals surface area contributed by atoms with Gasteiger partial charge in [-0.3, -0.25) is 0 Å². The summed E-state index contributed by atoms with van der Waals surface area (Å²) < 4.78 is 5.80. The highest BCUT2D eigenvalue weighted by atomic mass is 35.5. The van der Waals surface area contributed by atoms with Gasteiger partial charge in [0, 0.05) is 28.3 Å². The van der Waals surface area contributed by atoms with Gasteiger partial charge in [0.1, 0.15) is 18.2 Å². The zero-order chi connectivity index (χ0) is 17.4. The second-order valence-electron chi connectivity index (χ2n) is 5.74. The van der Waals surface area contributed by atoms with Crippen LogP contribution in [0.1, 0.15) is 11.1 Å². The van der Waals surface area contributed by atoms with Crippen LogP contribution in [-0.4, -0.2) is 4.98 Å². The maximum Gasteiger partial charge on any atom is 0.135 e. The Kier molecular flexibility index (Phi) is 4.25. The van der Waals surface area contributed by atoms with Crippen molar-refractivity contribution in [3.63, 3.8) is 0 Å². The Morgan fingerprint density at radius 2 is 1.96 bits per heavy atom. The molecule has 4 nitrogen and oxygen atoms in total. The van der Waals surface area contributed by atoms with E-state index in [4.69, 9.17) is 38.7 Å². The molecule has 1 aromatic heterocycles. The van der Waals surface area contributed by atoms with Crippen molar-refractivity contribution in [2.45, 2.75) is 13.2 Å². The summed E-state index contributed by atoms with van der Waals surface area (Å²) in [5.41, 5.74) is 10.4. The average Bonchev–Trinajstić information content (AvgIpc) is 2.63. The van der Waals surface area contributed by atoms with Crippen LogP contribution in [0, 0.1) is 0 Å². The standard InChI is InChI=1S/C19H15Cl2N3O/c20-13-5-6-16(15(21)8-13)23-19-11(9-22)7-12-10-25-17-4-2-1-3-14(17)18(12)24-19/h1-8H,9-10,22H2,(H,23,24). The molecule has 25 heavy (non-hydrogen) atoms.